The predicted molar refractivity (Wildman–Crippen MR) is 115 cm³/mol. The predicted octanol–water partition coefficient (Wildman–Crippen LogP) is 4.51. The van der Waals surface area contributed by atoms with Crippen molar-refractivity contribution in [1.29, 1.82) is 0 Å². The first kappa shape index (κ1) is 19.9. The van der Waals surface area contributed by atoms with Gasteiger partial charge in [0.25, 0.3) is 5.91 Å². The van der Waals surface area contributed by atoms with Gasteiger partial charge in [0.2, 0.25) is 0 Å². The van der Waals surface area contributed by atoms with Gasteiger partial charge in [-0.15, -0.1) is 0 Å². The lowest BCUT2D eigenvalue weighted by molar-refractivity contribution is -0.134. The molecule has 1 atom stereocenters. The number of hydrogen-bond donors (Lipinski definition) is 0. The van der Waals surface area contributed by atoms with E-state index < -0.39 is 0 Å². The summed E-state index contributed by atoms with van der Waals surface area (Å²) in [5.74, 6) is 0.865. The number of rotatable bonds is 6. The summed E-state index contributed by atoms with van der Waals surface area (Å²) in [4.78, 5) is 15.3. The lowest BCUT2D eigenvalue weighted by atomic mass is 9.98. The number of carbonyl (C=O) groups excluding carboxylic acids is 1. The van der Waals surface area contributed by atoms with Crippen molar-refractivity contribution in [1.82, 2.24) is 9.91 Å². The number of likely N-dealkylation sites (tertiary alicyclic amines) is 1. The van der Waals surface area contributed by atoms with Crippen LogP contribution in [0.15, 0.2) is 53.6 Å². The average molecular weight is 412 g/mol. The van der Waals surface area contributed by atoms with Gasteiger partial charge in [0.1, 0.15) is 5.75 Å². The van der Waals surface area contributed by atoms with Crippen molar-refractivity contribution in [2.75, 3.05) is 26.2 Å². The van der Waals surface area contributed by atoms with E-state index in [9.17, 15) is 4.79 Å². The largest absolute Gasteiger partial charge is 0.494 e. The monoisotopic (exact) mass is 411 g/mol. The van der Waals surface area contributed by atoms with Crippen LogP contribution >= 0.6 is 11.6 Å². The van der Waals surface area contributed by atoms with Crippen LogP contribution in [0.2, 0.25) is 5.02 Å². The maximum absolute atomic E-state index is 13.1. The minimum Gasteiger partial charge on any atom is -0.494 e. The Labute approximate surface area is 176 Å². The van der Waals surface area contributed by atoms with Crippen LogP contribution < -0.4 is 4.74 Å². The molecule has 2 aromatic carbocycles. The highest BCUT2D eigenvalue weighted by Crippen LogP contribution is 2.35. The molecule has 2 heterocycles. The van der Waals surface area contributed by atoms with Gasteiger partial charge < -0.3 is 4.74 Å². The van der Waals surface area contributed by atoms with Crippen LogP contribution in [0, 0.1) is 0 Å². The number of benzene rings is 2. The topological polar surface area (TPSA) is 45.1 Å². The number of hydrogen-bond acceptors (Lipinski definition) is 4. The molecule has 5 nitrogen and oxygen atoms in total. The molecule has 0 saturated carbocycles. The Hall–Kier alpha value is -2.37. The molecule has 0 aliphatic carbocycles. The fourth-order valence-electron chi connectivity index (χ4n) is 4.02. The summed E-state index contributed by atoms with van der Waals surface area (Å²) in [5.41, 5.74) is 2.79. The van der Waals surface area contributed by atoms with Crippen molar-refractivity contribution in [3.05, 3.63) is 64.7 Å². The maximum atomic E-state index is 13.1. The van der Waals surface area contributed by atoms with Gasteiger partial charge in [-0.3, -0.25) is 9.69 Å². The second-order valence-corrected chi connectivity index (χ2v) is 7.88. The summed E-state index contributed by atoms with van der Waals surface area (Å²) in [6.07, 6.45) is 2.96. The number of amides is 1. The molecule has 2 aromatic rings. The molecule has 0 radical (unpaired) electrons. The van der Waals surface area contributed by atoms with Crippen LogP contribution in [0.25, 0.3) is 0 Å². The Morgan fingerprint density at radius 1 is 1.14 bits per heavy atom. The summed E-state index contributed by atoms with van der Waals surface area (Å²) in [7, 11) is 0. The summed E-state index contributed by atoms with van der Waals surface area (Å²) in [6, 6.07) is 15.5. The van der Waals surface area contributed by atoms with Crippen molar-refractivity contribution >= 4 is 23.2 Å². The van der Waals surface area contributed by atoms with Crippen molar-refractivity contribution in [2.24, 2.45) is 5.10 Å². The van der Waals surface area contributed by atoms with Gasteiger partial charge >= 0.3 is 0 Å². The second kappa shape index (κ2) is 8.97. The van der Waals surface area contributed by atoms with E-state index in [1.165, 1.54) is 0 Å². The number of carbonyl (C=O) groups is 1. The van der Waals surface area contributed by atoms with Gasteiger partial charge in [-0.25, -0.2) is 5.01 Å². The maximum Gasteiger partial charge on any atom is 0.257 e. The molecule has 1 fully saturated rings. The van der Waals surface area contributed by atoms with E-state index in [2.05, 4.69) is 4.90 Å². The van der Waals surface area contributed by atoms with Gasteiger partial charge in [0.05, 0.1) is 24.9 Å². The zero-order valence-electron chi connectivity index (χ0n) is 16.7. The van der Waals surface area contributed by atoms with Gasteiger partial charge in [0, 0.05) is 17.0 Å². The highest BCUT2D eigenvalue weighted by atomic mass is 35.5. The van der Waals surface area contributed by atoms with E-state index in [1.807, 2.05) is 55.5 Å². The first-order chi connectivity index (χ1) is 14.2. The Kier molecular flexibility index (Phi) is 6.16. The van der Waals surface area contributed by atoms with Crippen molar-refractivity contribution in [2.45, 2.75) is 32.2 Å². The Morgan fingerprint density at radius 3 is 2.55 bits per heavy atom. The van der Waals surface area contributed by atoms with Crippen LogP contribution in [-0.2, 0) is 4.79 Å². The van der Waals surface area contributed by atoms with Crippen LogP contribution in [0.3, 0.4) is 0 Å². The van der Waals surface area contributed by atoms with E-state index in [0.717, 1.165) is 48.5 Å². The SMILES string of the molecule is CCOc1ccc([C@H]2CC(c3ccccc3Cl)=NN2C(=O)CN2CCCC2)cc1. The fourth-order valence-corrected chi connectivity index (χ4v) is 4.26. The molecule has 6 heteroatoms. The van der Waals surface area contributed by atoms with E-state index in [-0.39, 0.29) is 11.9 Å². The summed E-state index contributed by atoms with van der Waals surface area (Å²) in [5, 5.41) is 7.05. The minimum atomic E-state index is -0.132. The zero-order valence-corrected chi connectivity index (χ0v) is 17.4. The van der Waals surface area contributed by atoms with E-state index in [0.29, 0.717) is 24.6 Å². The van der Waals surface area contributed by atoms with Crippen LogP contribution in [0.4, 0.5) is 0 Å². The number of nitrogens with zero attached hydrogens (tertiary/aromatic N) is 3. The number of halogens is 1. The molecule has 29 heavy (non-hydrogen) atoms. The van der Waals surface area contributed by atoms with E-state index in [4.69, 9.17) is 21.4 Å². The minimum absolute atomic E-state index is 0.0350. The molecule has 0 bridgehead atoms. The lowest BCUT2D eigenvalue weighted by Crippen LogP contribution is -2.36. The molecule has 2 aliphatic rings. The molecule has 1 amide bonds. The van der Waals surface area contributed by atoms with Gasteiger partial charge in [-0.05, 0) is 56.6 Å². The average Bonchev–Trinajstić information content (AvgIpc) is 3.39. The Morgan fingerprint density at radius 2 is 1.86 bits per heavy atom. The molecule has 0 unspecified atom stereocenters. The highest BCUT2D eigenvalue weighted by Gasteiger charge is 2.34. The van der Waals surface area contributed by atoms with Crippen LogP contribution in [0.5, 0.6) is 5.75 Å². The first-order valence-electron chi connectivity index (χ1n) is 10.2. The third-order valence-electron chi connectivity index (χ3n) is 5.48. The molecule has 0 N–H and O–H groups in total. The number of ether oxygens (including phenoxy) is 1. The fraction of sp³-hybridized carbons (Fsp3) is 0.391. The summed E-state index contributed by atoms with van der Waals surface area (Å²) in [6.45, 7) is 4.96. The van der Waals surface area contributed by atoms with Gasteiger partial charge in [-0.2, -0.15) is 5.10 Å². The number of hydrazone groups is 1. The molecule has 0 aromatic heterocycles. The van der Waals surface area contributed by atoms with Gasteiger partial charge in [0.15, 0.2) is 0 Å². The molecular formula is C23H26ClN3O2. The first-order valence-corrected chi connectivity index (χ1v) is 10.6. The highest BCUT2D eigenvalue weighted by molar-refractivity contribution is 6.34. The normalized spacial score (nSPS) is 19.4. The van der Waals surface area contributed by atoms with Crippen molar-refractivity contribution < 1.29 is 9.53 Å². The molecule has 152 valence electrons. The van der Waals surface area contributed by atoms with Gasteiger partial charge in [-0.1, -0.05) is 41.9 Å². The van der Waals surface area contributed by atoms with E-state index in [1.54, 1.807) is 5.01 Å². The molecule has 2 aliphatic heterocycles. The Balaban J connectivity index is 1.61. The van der Waals surface area contributed by atoms with Crippen LogP contribution in [0.1, 0.15) is 43.4 Å². The van der Waals surface area contributed by atoms with Crippen molar-refractivity contribution in [3.8, 4) is 5.75 Å². The second-order valence-electron chi connectivity index (χ2n) is 7.47. The van der Waals surface area contributed by atoms with Crippen molar-refractivity contribution in [3.63, 3.8) is 0 Å². The Bertz CT molecular complexity index is 891. The summed E-state index contributed by atoms with van der Waals surface area (Å²) >= 11 is 6.41. The molecule has 1 saturated heterocycles. The molecular weight excluding hydrogens is 386 g/mol. The smallest absolute Gasteiger partial charge is 0.257 e. The molecule has 0 spiro atoms. The lowest BCUT2D eigenvalue weighted by Gasteiger charge is -2.24. The standard InChI is InChI=1S/C23H26ClN3O2/c1-2-29-18-11-9-17(10-12-18)22-15-21(19-7-3-4-8-20(19)24)25-27(22)23(28)16-26-13-5-6-14-26/h3-4,7-12,22H,2,5-6,13-16H2,1H3/t22-/m1/s1. The van der Waals surface area contributed by atoms with E-state index >= 15 is 0 Å². The third kappa shape index (κ3) is 4.46. The third-order valence-corrected chi connectivity index (χ3v) is 5.81. The summed E-state index contributed by atoms with van der Waals surface area (Å²) < 4.78 is 5.56. The molecule has 4 rings (SSSR count). The zero-order chi connectivity index (χ0) is 20.2. The quantitative estimate of drug-likeness (QED) is 0.702. The van der Waals surface area contributed by atoms with Crippen LogP contribution in [-0.4, -0.2) is 47.8 Å².